The Kier molecular flexibility index (Phi) is 11.2. The molecule has 0 bridgehead atoms. The normalized spacial score (nSPS) is 44.5. The van der Waals surface area contributed by atoms with Gasteiger partial charge in [-0.25, -0.2) is 8.98 Å². The fourth-order valence-electron chi connectivity index (χ4n) is 7.63. The standard InChI is InChI=1S/C33H52BNO15S/c1-21(36)35-28(6)24(2,18-45-19-25(3)29(7,39)31(9,41)30(8,40)27(5,48-25)23(37)38)32(10,50-34)26(4,20-47-51(42,43)44)49-33(28,11)46-17-22-15-13-12-14-16-22/h12-16,39-41H,17-20H2,1-11H3,(H,35,36)(H,37,38)(H,42,43,44)/t24-,25?,26?,27?,28-,29+,30+,31-,32-,33?/m0/s1. The Bertz CT molecular complexity index is 1590. The summed E-state index contributed by atoms with van der Waals surface area (Å²) in [5.74, 6) is -4.07. The predicted octanol–water partition coefficient (Wildman–Crippen LogP) is 1.19. The van der Waals surface area contributed by atoms with Crippen LogP contribution in [0.2, 0.25) is 0 Å². The van der Waals surface area contributed by atoms with E-state index in [1.807, 2.05) is 0 Å². The van der Waals surface area contributed by atoms with Crippen LogP contribution >= 0.6 is 0 Å². The van der Waals surface area contributed by atoms with Crippen LogP contribution in [0.15, 0.2) is 30.3 Å². The van der Waals surface area contributed by atoms with E-state index in [9.17, 15) is 43.0 Å². The largest absolute Gasteiger partial charge is 0.479 e. The van der Waals surface area contributed by atoms with Gasteiger partial charge in [0.25, 0.3) is 8.05 Å². The van der Waals surface area contributed by atoms with Crippen molar-refractivity contribution in [1.82, 2.24) is 5.32 Å². The molecule has 18 heteroatoms. The molecule has 1 amide bonds. The number of ether oxygens (including phenoxy) is 4. The average molecular weight is 746 g/mol. The Morgan fingerprint density at radius 1 is 0.824 bits per heavy atom. The molecule has 288 valence electrons. The number of carboxylic acid groups (broad SMARTS) is 1. The van der Waals surface area contributed by atoms with E-state index in [1.54, 1.807) is 44.2 Å². The van der Waals surface area contributed by atoms with E-state index < -0.39 is 98.0 Å². The second-order valence-electron chi connectivity index (χ2n) is 15.4. The number of amides is 1. The van der Waals surface area contributed by atoms with Crippen molar-refractivity contribution in [2.45, 2.75) is 133 Å². The fourth-order valence-corrected chi connectivity index (χ4v) is 8.00. The summed E-state index contributed by atoms with van der Waals surface area (Å²) >= 11 is 0. The molecular formula is C33H52BNO15S. The Labute approximate surface area is 300 Å². The van der Waals surface area contributed by atoms with Crippen molar-refractivity contribution in [3.05, 3.63) is 35.9 Å². The Balaban J connectivity index is 2.22. The van der Waals surface area contributed by atoms with Gasteiger partial charge in [-0.3, -0.25) is 9.35 Å². The molecule has 0 spiro atoms. The van der Waals surface area contributed by atoms with Crippen LogP contribution < -0.4 is 5.32 Å². The lowest BCUT2D eigenvalue weighted by molar-refractivity contribution is -0.420. The summed E-state index contributed by atoms with van der Waals surface area (Å²) < 4.78 is 69.0. The Morgan fingerprint density at radius 3 is 1.84 bits per heavy atom. The van der Waals surface area contributed by atoms with Gasteiger partial charge >= 0.3 is 16.4 Å². The molecule has 2 fully saturated rings. The third kappa shape index (κ3) is 6.43. The van der Waals surface area contributed by atoms with E-state index in [2.05, 4.69) is 5.32 Å². The minimum absolute atomic E-state index is 0.0730. The van der Waals surface area contributed by atoms with Gasteiger partial charge in [0.05, 0.1) is 25.4 Å². The topological polar surface area (TPSA) is 237 Å². The first-order chi connectivity index (χ1) is 22.8. The molecule has 10 atom stereocenters. The lowest BCUT2D eigenvalue weighted by atomic mass is 9.52. The van der Waals surface area contributed by atoms with Crippen LogP contribution in [-0.2, 0) is 54.4 Å². The van der Waals surface area contributed by atoms with E-state index in [0.29, 0.717) is 5.56 Å². The number of rotatable bonds is 13. The van der Waals surface area contributed by atoms with Crippen LogP contribution in [0, 0.1) is 5.41 Å². The van der Waals surface area contributed by atoms with Gasteiger partial charge < -0.3 is 49.3 Å². The zero-order valence-corrected chi connectivity index (χ0v) is 31.8. The Hall–Kier alpha value is -2.23. The van der Waals surface area contributed by atoms with Crippen molar-refractivity contribution in [1.29, 1.82) is 0 Å². The van der Waals surface area contributed by atoms with Gasteiger partial charge in [-0.05, 0) is 67.9 Å². The molecule has 2 aliphatic rings. The number of nitrogens with one attached hydrogen (secondary N) is 1. The van der Waals surface area contributed by atoms with Crippen molar-refractivity contribution >= 4 is 30.3 Å². The summed E-state index contributed by atoms with van der Waals surface area (Å²) in [6.45, 7) is 12.3. The van der Waals surface area contributed by atoms with Crippen molar-refractivity contribution in [3.63, 3.8) is 0 Å². The van der Waals surface area contributed by atoms with Crippen molar-refractivity contribution in [2.24, 2.45) is 5.41 Å². The van der Waals surface area contributed by atoms with E-state index in [4.69, 9.17) is 35.8 Å². The molecule has 2 aliphatic heterocycles. The molecule has 4 unspecified atom stereocenters. The van der Waals surface area contributed by atoms with E-state index in [-0.39, 0.29) is 6.61 Å². The minimum Gasteiger partial charge on any atom is -0.479 e. The van der Waals surface area contributed by atoms with Crippen LogP contribution in [0.25, 0.3) is 0 Å². The Morgan fingerprint density at radius 2 is 1.37 bits per heavy atom. The SMILES string of the molecule is [B]O[C@]1(C)C(C)(COS(=O)(=O)O)OC(C)(OCc2ccccc2)[C@@](C)(NC(C)=O)[C@]1(C)COCC1(C)OC(C)(C(=O)O)[C@@](C)(O)[C@@](C)(O)[C@]1(C)O. The van der Waals surface area contributed by atoms with Gasteiger partial charge in [-0.1, -0.05) is 37.3 Å². The highest BCUT2D eigenvalue weighted by atomic mass is 32.3. The molecule has 0 aromatic heterocycles. The lowest BCUT2D eigenvalue weighted by Crippen LogP contribution is -2.87. The number of aliphatic hydroxyl groups is 3. The van der Waals surface area contributed by atoms with E-state index in [0.717, 1.165) is 27.7 Å². The number of carbonyl (C=O) groups is 2. The highest BCUT2D eigenvalue weighted by molar-refractivity contribution is 7.80. The maximum absolute atomic E-state index is 13.0. The monoisotopic (exact) mass is 745 g/mol. The van der Waals surface area contributed by atoms with Crippen LogP contribution in [0.4, 0.5) is 0 Å². The molecule has 2 saturated heterocycles. The van der Waals surface area contributed by atoms with Gasteiger partial charge in [0.1, 0.15) is 40.2 Å². The summed E-state index contributed by atoms with van der Waals surface area (Å²) in [7, 11) is 0.961. The lowest BCUT2D eigenvalue weighted by Gasteiger charge is -2.70. The molecular weight excluding hydrogens is 693 g/mol. The molecule has 1 aromatic carbocycles. The molecule has 0 saturated carbocycles. The zero-order chi connectivity index (χ0) is 39.5. The fraction of sp³-hybridized carbons (Fsp3) is 0.758. The third-order valence-corrected chi connectivity index (χ3v) is 12.9. The molecule has 51 heavy (non-hydrogen) atoms. The first-order valence-electron chi connectivity index (χ1n) is 16.2. The first-order valence-corrected chi connectivity index (χ1v) is 17.5. The van der Waals surface area contributed by atoms with Crippen molar-refractivity contribution in [2.75, 3.05) is 19.8 Å². The molecule has 16 nitrogen and oxygen atoms in total. The number of hydrogen-bond acceptors (Lipinski definition) is 13. The minimum atomic E-state index is -5.04. The smallest absolute Gasteiger partial charge is 0.397 e. The summed E-state index contributed by atoms with van der Waals surface area (Å²) in [6, 6.07) is 8.94. The van der Waals surface area contributed by atoms with E-state index >= 15 is 0 Å². The molecule has 1 aromatic rings. The summed E-state index contributed by atoms with van der Waals surface area (Å²) in [6.07, 6.45) is 0. The summed E-state index contributed by atoms with van der Waals surface area (Å²) in [5, 5.41) is 47.7. The quantitative estimate of drug-likeness (QED) is 0.123. The van der Waals surface area contributed by atoms with Gasteiger partial charge in [0, 0.05) is 12.3 Å². The second-order valence-corrected chi connectivity index (χ2v) is 16.5. The first kappa shape index (κ1) is 43.2. The second kappa shape index (κ2) is 13.3. The summed E-state index contributed by atoms with van der Waals surface area (Å²) in [4.78, 5) is 25.5. The van der Waals surface area contributed by atoms with Gasteiger partial charge in [0.2, 0.25) is 5.91 Å². The molecule has 2 radical (unpaired) electrons. The molecule has 6 N–H and O–H groups in total. The maximum atomic E-state index is 13.0. The number of hydrogen-bond donors (Lipinski definition) is 6. The zero-order valence-electron chi connectivity index (χ0n) is 31.0. The highest BCUT2D eigenvalue weighted by Crippen LogP contribution is 2.61. The maximum Gasteiger partial charge on any atom is 0.397 e. The number of aliphatic carboxylic acids is 1. The van der Waals surface area contributed by atoms with Crippen LogP contribution in [0.3, 0.4) is 0 Å². The van der Waals surface area contributed by atoms with Crippen LogP contribution in [0.5, 0.6) is 0 Å². The van der Waals surface area contributed by atoms with Crippen molar-refractivity contribution in [3.8, 4) is 0 Å². The average Bonchev–Trinajstić information content (AvgIpc) is 3.00. The van der Waals surface area contributed by atoms with E-state index in [1.165, 1.54) is 34.6 Å². The van der Waals surface area contributed by atoms with Crippen LogP contribution in [-0.4, -0.2) is 124 Å². The van der Waals surface area contributed by atoms with Gasteiger partial charge in [-0.2, -0.15) is 8.42 Å². The van der Waals surface area contributed by atoms with Gasteiger partial charge in [-0.15, -0.1) is 0 Å². The highest BCUT2D eigenvalue weighted by Gasteiger charge is 2.78. The van der Waals surface area contributed by atoms with Crippen LogP contribution in [0.1, 0.15) is 81.7 Å². The third-order valence-electron chi connectivity index (χ3n) is 12.5. The molecule has 2 heterocycles. The van der Waals surface area contributed by atoms with Crippen molar-refractivity contribution < 1.29 is 70.8 Å². The number of carbonyl (C=O) groups excluding carboxylic acids is 1. The summed E-state index contributed by atoms with van der Waals surface area (Å²) in [5.41, 5.74) is -18.4. The predicted molar refractivity (Wildman–Crippen MR) is 180 cm³/mol. The number of carboxylic acids is 1. The molecule has 3 rings (SSSR count). The number of benzene rings is 1. The van der Waals surface area contributed by atoms with Gasteiger partial charge in [0.15, 0.2) is 11.4 Å². The molecule has 0 aliphatic carbocycles.